The average molecular weight is 296 g/mol. The number of rotatable bonds is 11. The van der Waals surface area contributed by atoms with Gasteiger partial charge in [0.1, 0.15) is 0 Å². The molecule has 0 heterocycles. The van der Waals surface area contributed by atoms with E-state index >= 15 is 0 Å². The van der Waals surface area contributed by atoms with Crippen molar-refractivity contribution in [3.05, 3.63) is 35.4 Å². The van der Waals surface area contributed by atoms with Crippen LogP contribution in [-0.2, 0) is 20.6 Å². The van der Waals surface area contributed by atoms with Crippen molar-refractivity contribution in [2.75, 3.05) is 40.1 Å². The number of methoxy groups -OCH3 is 1. The highest BCUT2D eigenvalue weighted by atomic mass is 16.5. The minimum absolute atomic E-state index is 0.229. The van der Waals surface area contributed by atoms with E-state index in [-0.39, 0.29) is 12.5 Å². The van der Waals surface area contributed by atoms with Crippen LogP contribution in [0.25, 0.3) is 0 Å². The Morgan fingerprint density at radius 1 is 0.952 bits per heavy atom. The van der Waals surface area contributed by atoms with Crippen LogP contribution in [-0.4, -0.2) is 40.1 Å². The van der Waals surface area contributed by atoms with E-state index in [1.165, 1.54) is 5.56 Å². The average Bonchev–Trinajstić information content (AvgIpc) is 2.50. The second-order valence-corrected chi connectivity index (χ2v) is 5.63. The smallest absolute Gasteiger partial charge is 0.0701 e. The molecule has 0 radical (unpaired) electrons. The molecule has 0 aromatic heterocycles. The highest BCUT2D eigenvalue weighted by Gasteiger charge is 2.06. The van der Waals surface area contributed by atoms with Gasteiger partial charge in [0.2, 0.25) is 0 Å². The van der Waals surface area contributed by atoms with Crippen molar-refractivity contribution in [3.8, 4) is 0 Å². The molecule has 0 aliphatic heterocycles. The third-order valence-corrected chi connectivity index (χ3v) is 3.15. The molecule has 0 aliphatic carbocycles. The molecule has 1 rings (SSSR count). The third kappa shape index (κ3) is 8.20. The summed E-state index contributed by atoms with van der Waals surface area (Å²) in [6, 6.07) is 8.16. The zero-order chi connectivity index (χ0) is 17.3. The summed E-state index contributed by atoms with van der Waals surface area (Å²) in [5.41, 5.74) is 2.23. The molecule has 0 aliphatic rings. The minimum atomic E-state index is -1.72. The second kappa shape index (κ2) is 10.8. The lowest BCUT2D eigenvalue weighted by Gasteiger charge is -2.14. The monoisotopic (exact) mass is 296 g/mol. The Hall–Kier alpha value is -0.900. The maximum absolute atomic E-state index is 8.12. The summed E-state index contributed by atoms with van der Waals surface area (Å²) in [5.74, 6) is 0.278. The number of ether oxygens (including phenoxy) is 3. The quantitative estimate of drug-likeness (QED) is 0.583. The van der Waals surface area contributed by atoms with Crippen LogP contribution in [0.15, 0.2) is 24.3 Å². The Bertz CT molecular complexity index is 432. The fourth-order valence-electron chi connectivity index (χ4n) is 2.01. The topological polar surface area (TPSA) is 27.7 Å². The van der Waals surface area contributed by atoms with Gasteiger partial charge in [-0.2, -0.15) is 0 Å². The normalized spacial score (nSPS) is 14.9. The maximum Gasteiger partial charge on any atom is 0.0701 e. The SMILES string of the molecule is [2H]C([2H])(OCCOCCOC)C(C)c1ccc(CC(C)C)cc1. The lowest BCUT2D eigenvalue weighted by molar-refractivity contribution is 0.0222. The van der Waals surface area contributed by atoms with Crippen LogP contribution in [0.2, 0.25) is 0 Å². The van der Waals surface area contributed by atoms with E-state index in [0.29, 0.717) is 25.7 Å². The molecule has 1 atom stereocenters. The maximum atomic E-state index is 8.12. The van der Waals surface area contributed by atoms with Gasteiger partial charge in [0, 0.05) is 13.0 Å². The lowest BCUT2D eigenvalue weighted by atomic mass is 9.97. The first-order valence-electron chi connectivity index (χ1n) is 8.66. The van der Waals surface area contributed by atoms with Crippen molar-refractivity contribution in [3.63, 3.8) is 0 Å². The van der Waals surface area contributed by atoms with E-state index in [9.17, 15) is 0 Å². The Morgan fingerprint density at radius 3 is 2.19 bits per heavy atom. The van der Waals surface area contributed by atoms with Crippen LogP contribution in [0.1, 0.15) is 40.6 Å². The van der Waals surface area contributed by atoms with Crippen molar-refractivity contribution >= 4 is 0 Å². The zero-order valence-electron chi connectivity index (χ0n) is 15.7. The van der Waals surface area contributed by atoms with Gasteiger partial charge in [-0.15, -0.1) is 0 Å². The third-order valence-electron chi connectivity index (χ3n) is 3.15. The van der Waals surface area contributed by atoms with Crippen molar-refractivity contribution in [1.82, 2.24) is 0 Å². The molecule has 3 nitrogen and oxygen atoms in total. The van der Waals surface area contributed by atoms with Gasteiger partial charge in [-0.25, -0.2) is 0 Å². The highest BCUT2D eigenvalue weighted by molar-refractivity contribution is 5.25. The number of hydrogen-bond acceptors (Lipinski definition) is 3. The van der Waals surface area contributed by atoms with Crippen LogP contribution in [0.3, 0.4) is 0 Å². The van der Waals surface area contributed by atoms with Gasteiger partial charge in [0.05, 0.1) is 35.7 Å². The van der Waals surface area contributed by atoms with Crippen LogP contribution in [0, 0.1) is 5.92 Å². The Balaban J connectivity index is 2.48. The van der Waals surface area contributed by atoms with Gasteiger partial charge >= 0.3 is 0 Å². The van der Waals surface area contributed by atoms with Crippen molar-refractivity contribution in [2.24, 2.45) is 5.92 Å². The van der Waals surface area contributed by atoms with E-state index in [0.717, 1.165) is 12.0 Å². The molecule has 120 valence electrons. The Morgan fingerprint density at radius 2 is 1.57 bits per heavy atom. The molecule has 1 unspecified atom stereocenters. The van der Waals surface area contributed by atoms with E-state index in [1.807, 2.05) is 19.1 Å². The first-order chi connectivity index (χ1) is 10.9. The fourth-order valence-corrected chi connectivity index (χ4v) is 2.01. The predicted octanol–water partition coefficient (Wildman–Crippen LogP) is 3.67. The molecule has 0 N–H and O–H groups in total. The largest absolute Gasteiger partial charge is 0.382 e. The molecule has 1 aromatic rings. The van der Waals surface area contributed by atoms with E-state index in [2.05, 4.69) is 26.0 Å². The molecule has 0 spiro atoms. The number of hydrogen-bond donors (Lipinski definition) is 0. The summed E-state index contributed by atoms with van der Waals surface area (Å²) in [7, 11) is 1.62. The molecular weight excluding hydrogens is 264 g/mol. The van der Waals surface area contributed by atoms with Gasteiger partial charge in [0.25, 0.3) is 0 Å². The van der Waals surface area contributed by atoms with Crippen molar-refractivity contribution in [2.45, 2.75) is 33.1 Å². The van der Waals surface area contributed by atoms with Gasteiger partial charge in [-0.05, 0) is 23.5 Å². The summed E-state index contributed by atoms with van der Waals surface area (Å²) >= 11 is 0. The summed E-state index contributed by atoms with van der Waals surface area (Å²) < 4.78 is 31.8. The van der Waals surface area contributed by atoms with Crippen LogP contribution in [0.4, 0.5) is 0 Å². The summed E-state index contributed by atoms with van der Waals surface area (Å²) in [6.45, 7) is 6.14. The Labute approximate surface area is 132 Å². The standard InChI is InChI=1S/C18H30O3/c1-15(2)13-17-5-7-18(8-6-17)16(3)14-21-12-11-20-10-9-19-4/h5-8,15-16H,9-14H2,1-4H3/i14D2. The molecule has 1 aromatic carbocycles. The summed E-state index contributed by atoms with van der Waals surface area (Å²) in [4.78, 5) is 0. The molecule has 3 heteroatoms. The molecule has 0 fully saturated rings. The predicted molar refractivity (Wildman–Crippen MR) is 86.9 cm³/mol. The second-order valence-electron chi connectivity index (χ2n) is 5.63. The number of benzene rings is 1. The summed E-state index contributed by atoms with van der Waals surface area (Å²) in [5, 5.41) is 0. The van der Waals surface area contributed by atoms with Crippen molar-refractivity contribution < 1.29 is 17.0 Å². The van der Waals surface area contributed by atoms with Gasteiger partial charge in [-0.3, -0.25) is 0 Å². The summed E-state index contributed by atoms with van der Waals surface area (Å²) in [6.07, 6.45) is 1.04. The van der Waals surface area contributed by atoms with Crippen LogP contribution < -0.4 is 0 Å². The molecule has 0 amide bonds. The van der Waals surface area contributed by atoms with E-state index in [4.69, 9.17) is 17.0 Å². The highest BCUT2D eigenvalue weighted by Crippen LogP contribution is 2.17. The van der Waals surface area contributed by atoms with Gasteiger partial charge in [-0.1, -0.05) is 45.0 Å². The molecule has 21 heavy (non-hydrogen) atoms. The molecule has 0 saturated heterocycles. The molecular formula is C18H30O3. The van der Waals surface area contributed by atoms with Gasteiger partial charge < -0.3 is 14.2 Å². The lowest BCUT2D eigenvalue weighted by Crippen LogP contribution is -2.11. The minimum Gasteiger partial charge on any atom is -0.382 e. The van der Waals surface area contributed by atoms with E-state index in [1.54, 1.807) is 7.11 Å². The fraction of sp³-hybridized carbons (Fsp3) is 0.667. The van der Waals surface area contributed by atoms with E-state index < -0.39 is 6.56 Å². The zero-order valence-corrected chi connectivity index (χ0v) is 13.7. The molecule has 0 bridgehead atoms. The first-order valence-corrected chi connectivity index (χ1v) is 7.66. The molecule has 0 saturated carbocycles. The Kier molecular flexibility index (Phi) is 7.70. The van der Waals surface area contributed by atoms with Crippen molar-refractivity contribution in [1.29, 1.82) is 0 Å². The van der Waals surface area contributed by atoms with Gasteiger partial charge in [0.15, 0.2) is 0 Å². The van der Waals surface area contributed by atoms with Crippen LogP contribution >= 0.6 is 0 Å². The van der Waals surface area contributed by atoms with Crippen LogP contribution in [0.5, 0.6) is 0 Å². The first kappa shape index (κ1) is 15.0.